The molecule has 5 nitrogen and oxygen atoms in total. The molecule has 2 N–H and O–H groups in total. The summed E-state index contributed by atoms with van der Waals surface area (Å²) in [6, 6.07) is 14.8. The molecule has 3 aromatic rings. The molecular formula is C18H16ClN3O2. The lowest BCUT2D eigenvalue weighted by Crippen LogP contribution is -2.22. The van der Waals surface area contributed by atoms with Gasteiger partial charge in [0, 0.05) is 17.1 Å². The van der Waals surface area contributed by atoms with Gasteiger partial charge in [-0.15, -0.1) is 0 Å². The topological polar surface area (TPSA) is 67.0 Å². The molecule has 3 rings (SSSR count). The number of aromatic nitrogens is 2. The number of hydrogen-bond acceptors (Lipinski definition) is 3. The zero-order chi connectivity index (χ0) is 16.9. The lowest BCUT2D eigenvalue weighted by molar-refractivity contribution is 0.0951. The highest BCUT2D eigenvalue weighted by Gasteiger charge is 2.15. The van der Waals surface area contributed by atoms with Gasteiger partial charge in [-0.05, 0) is 29.8 Å². The van der Waals surface area contributed by atoms with E-state index in [0.717, 1.165) is 16.9 Å². The Morgan fingerprint density at radius 1 is 1.25 bits per heavy atom. The van der Waals surface area contributed by atoms with Gasteiger partial charge in [-0.3, -0.25) is 9.89 Å². The maximum absolute atomic E-state index is 12.5. The zero-order valence-electron chi connectivity index (χ0n) is 13.0. The molecular weight excluding hydrogens is 326 g/mol. The summed E-state index contributed by atoms with van der Waals surface area (Å²) < 4.78 is 5.12. The predicted molar refractivity (Wildman–Crippen MR) is 93.2 cm³/mol. The standard InChI is InChI=1S/C18H16ClN3O2/c1-24-15-7-5-12(6-8-15)10-20-18(23)16-11-21-22-17(16)13-3-2-4-14(19)9-13/h2-9,11H,10H2,1H3,(H,20,23)(H,21,22). The molecule has 2 aromatic carbocycles. The van der Waals surface area contributed by atoms with E-state index in [2.05, 4.69) is 15.5 Å². The van der Waals surface area contributed by atoms with Gasteiger partial charge in [-0.25, -0.2) is 0 Å². The number of aromatic amines is 1. The van der Waals surface area contributed by atoms with E-state index in [-0.39, 0.29) is 5.91 Å². The SMILES string of the molecule is COc1ccc(CNC(=O)c2cn[nH]c2-c2cccc(Cl)c2)cc1. The number of amides is 1. The molecule has 0 aliphatic rings. The van der Waals surface area contributed by atoms with E-state index < -0.39 is 0 Å². The fourth-order valence-electron chi connectivity index (χ4n) is 2.34. The van der Waals surface area contributed by atoms with Gasteiger partial charge < -0.3 is 10.1 Å². The number of halogens is 1. The van der Waals surface area contributed by atoms with E-state index in [1.54, 1.807) is 19.2 Å². The van der Waals surface area contributed by atoms with Gasteiger partial charge in [0.05, 0.1) is 24.6 Å². The molecule has 0 aliphatic carbocycles. The van der Waals surface area contributed by atoms with Gasteiger partial charge in [0.15, 0.2) is 0 Å². The van der Waals surface area contributed by atoms with Gasteiger partial charge in [-0.2, -0.15) is 5.10 Å². The molecule has 0 fully saturated rings. The molecule has 0 unspecified atom stereocenters. The quantitative estimate of drug-likeness (QED) is 0.744. The fraction of sp³-hybridized carbons (Fsp3) is 0.111. The van der Waals surface area contributed by atoms with Crippen LogP contribution >= 0.6 is 11.6 Å². The molecule has 0 aliphatic heterocycles. The molecule has 0 saturated carbocycles. The third-order valence-electron chi connectivity index (χ3n) is 3.61. The van der Waals surface area contributed by atoms with Crippen LogP contribution in [-0.4, -0.2) is 23.2 Å². The number of H-pyrrole nitrogens is 1. The van der Waals surface area contributed by atoms with Crippen molar-refractivity contribution in [3.8, 4) is 17.0 Å². The number of hydrogen-bond donors (Lipinski definition) is 2. The summed E-state index contributed by atoms with van der Waals surface area (Å²) in [5.74, 6) is 0.581. The lowest BCUT2D eigenvalue weighted by Gasteiger charge is -2.07. The molecule has 0 saturated heterocycles. The molecule has 6 heteroatoms. The van der Waals surface area contributed by atoms with E-state index in [0.29, 0.717) is 22.8 Å². The molecule has 1 amide bonds. The second kappa shape index (κ2) is 7.19. The molecule has 122 valence electrons. The number of benzene rings is 2. The van der Waals surface area contributed by atoms with Gasteiger partial charge in [0.2, 0.25) is 0 Å². The number of carbonyl (C=O) groups is 1. The number of rotatable bonds is 5. The van der Waals surface area contributed by atoms with Crippen molar-refractivity contribution in [2.24, 2.45) is 0 Å². The molecule has 0 bridgehead atoms. The Bertz CT molecular complexity index is 843. The van der Waals surface area contributed by atoms with Gasteiger partial charge in [0.25, 0.3) is 5.91 Å². The average molecular weight is 342 g/mol. The Hall–Kier alpha value is -2.79. The Balaban J connectivity index is 1.73. The normalized spacial score (nSPS) is 10.4. The Morgan fingerprint density at radius 3 is 2.75 bits per heavy atom. The van der Waals surface area contributed by atoms with Gasteiger partial charge in [-0.1, -0.05) is 35.9 Å². The maximum Gasteiger partial charge on any atom is 0.255 e. The second-order valence-corrected chi connectivity index (χ2v) is 5.64. The second-order valence-electron chi connectivity index (χ2n) is 5.20. The van der Waals surface area contributed by atoms with Crippen molar-refractivity contribution in [1.82, 2.24) is 15.5 Å². The van der Waals surface area contributed by atoms with Crippen LogP contribution in [0.3, 0.4) is 0 Å². The van der Waals surface area contributed by atoms with Gasteiger partial charge >= 0.3 is 0 Å². The highest BCUT2D eigenvalue weighted by molar-refractivity contribution is 6.30. The van der Waals surface area contributed by atoms with Crippen molar-refractivity contribution >= 4 is 17.5 Å². The van der Waals surface area contributed by atoms with Crippen molar-refractivity contribution in [1.29, 1.82) is 0 Å². The van der Waals surface area contributed by atoms with Crippen LogP contribution in [0.4, 0.5) is 0 Å². The first-order valence-electron chi connectivity index (χ1n) is 7.38. The smallest absolute Gasteiger partial charge is 0.255 e. The van der Waals surface area contributed by atoms with Crippen LogP contribution in [0.1, 0.15) is 15.9 Å². The Morgan fingerprint density at radius 2 is 2.04 bits per heavy atom. The first kappa shape index (κ1) is 16.1. The summed E-state index contributed by atoms with van der Waals surface area (Å²) in [7, 11) is 1.62. The third kappa shape index (κ3) is 3.58. The van der Waals surface area contributed by atoms with Crippen LogP contribution in [0.25, 0.3) is 11.3 Å². The summed E-state index contributed by atoms with van der Waals surface area (Å²) in [4.78, 5) is 12.5. The van der Waals surface area contributed by atoms with Gasteiger partial charge in [0.1, 0.15) is 5.75 Å². The Labute approximate surface area is 144 Å². The predicted octanol–water partition coefficient (Wildman–Crippen LogP) is 3.67. The number of nitrogens with one attached hydrogen (secondary N) is 2. The molecule has 1 heterocycles. The number of nitrogens with zero attached hydrogens (tertiary/aromatic N) is 1. The minimum Gasteiger partial charge on any atom is -0.497 e. The summed E-state index contributed by atoms with van der Waals surface area (Å²) in [5, 5.41) is 10.3. The number of ether oxygens (including phenoxy) is 1. The Kier molecular flexibility index (Phi) is 4.82. The first-order chi connectivity index (χ1) is 11.7. The van der Waals surface area contributed by atoms with Crippen molar-refractivity contribution in [2.75, 3.05) is 7.11 Å². The van der Waals surface area contributed by atoms with Crippen molar-refractivity contribution in [2.45, 2.75) is 6.54 Å². The van der Waals surface area contributed by atoms with E-state index in [9.17, 15) is 4.79 Å². The van der Waals surface area contributed by atoms with Crippen LogP contribution in [0.5, 0.6) is 5.75 Å². The molecule has 0 atom stereocenters. The number of carbonyl (C=O) groups excluding carboxylic acids is 1. The van der Waals surface area contributed by atoms with E-state index in [4.69, 9.17) is 16.3 Å². The maximum atomic E-state index is 12.5. The highest BCUT2D eigenvalue weighted by atomic mass is 35.5. The van der Waals surface area contributed by atoms with E-state index >= 15 is 0 Å². The first-order valence-corrected chi connectivity index (χ1v) is 7.75. The van der Waals surface area contributed by atoms with Crippen LogP contribution in [0.15, 0.2) is 54.7 Å². The molecule has 0 radical (unpaired) electrons. The van der Waals surface area contributed by atoms with Crippen LogP contribution in [0.2, 0.25) is 5.02 Å². The van der Waals surface area contributed by atoms with E-state index in [1.165, 1.54) is 6.20 Å². The van der Waals surface area contributed by atoms with Crippen LogP contribution in [0, 0.1) is 0 Å². The van der Waals surface area contributed by atoms with E-state index in [1.807, 2.05) is 36.4 Å². The van der Waals surface area contributed by atoms with Crippen molar-refractivity contribution < 1.29 is 9.53 Å². The minimum atomic E-state index is -0.199. The molecule has 1 aromatic heterocycles. The fourth-order valence-corrected chi connectivity index (χ4v) is 2.53. The highest BCUT2D eigenvalue weighted by Crippen LogP contribution is 2.24. The van der Waals surface area contributed by atoms with Crippen molar-refractivity contribution in [3.05, 3.63) is 70.9 Å². The zero-order valence-corrected chi connectivity index (χ0v) is 13.8. The minimum absolute atomic E-state index is 0.199. The summed E-state index contributed by atoms with van der Waals surface area (Å²) in [6.45, 7) is 0.420. The largest absolute Gasteiger partial charge is 0.497 e. The lowest BCUT2D eigenvalue weighted by atomic mass is 10.1. The average Bonchev–Trinajstić information content (AvgIpc) is 3.10. The molecule has 24 heavy (non-hydrogen) atoms. The monoisotopic (exact) mass is 341 g/mol. The summed E-state index contributed by atoms with van der Waals surface area (Å²) >= 11 is 6.01. The van der Waals surface area contributed by atoms with Crippen molar-refractivity contribution in [3.63, 3.8) is 0 Å². The molecule has 0 spiro atoms. The summed E-state index contributed by atoms with van der Waals surface area (Å²) in [5.41, 5.74) is 2.92. The van der Waals surface area contributed by atoms with Crippen LogP contribution in [-0.2, 0) is 6.54 Å². The number of methoxy groups -OCH3 is 1. The third-order valence-corrected chi connectivity index (χ3v) is 3.84. The van der Waals surface area contributed by atoms with Crippen LogP contribution < -0.4 is 10.1 Å². The summed E-state index contributed by atoms with van der Waals surface area (Å²) in [6.07, 6.45) is 1.51.